The Kier molecular flexibility index (Phi) is 6.35. The molecular formula is C14H22ClNO3. The molecule has 5 heteroatoms. The molecule has 1 aliphatic rings. The minimum Gasteiger partial charge on any atom is -0.457 e. The summed E-state index contributed by atoms with van der Waals surface area (Å²) in [5.74, 6) is -0.229. The quantitative estimate of drug-likeness (QED) is 0.464. The third-order valence-corrected chi connectivity index (χ3v) is 3.54. The fraction of sp³-hybridized carbons (Fsp3) is 0.714. The van der Waals surface area contributed by atoms with Crippen LogP contribution in [0.4, 0.5) is 0 Å². The van der Waals surface area contributed by atoms with E-state index in [1.807, 2.05) is 0 Å². The van der Waals surface area contributed by atoms with E-state index < -0.39 is 5.60 Å². The molecule has 0 aromatic carbocycles. The highest BCUT2D eigenvalue weighted by Crippen LogP contribution is 2.31. The monoisotopic (exact) mass is 287 g/mol. The second-order valence-electron chi connectivity index (χ2n) is 5.12. The van der Waals surface area contributed by atoms with Crippen molar-refractivity contribution in [2.24, 2.45) is 0 Å². The number of rotatable bonds is 6. The summed E-state index contributed by atoms with van der Waals surface area (Å²) in [7, 11) is 0. The number of nitrogens with one attached hydrogen (secondary N) is 1. The number of carbonyl (C=O) groups is 2. The number of amides is 1. The number of halogens is 1. The first-order valence-electron chi connectivity index (χ1n) is 6.71. The number of alkyl halides is 1. The van der Waals surface area contributed by atoms with Gasteiger partial charge in [0.1, 0.15) is 5.60 Å². The van der Waals surface area contributed by atoms with Crippen LogP contribution in [-0.4, -0.2) is 29.9 Å². The molecule has 1 rings (SSSR count). The summed E-state index contributed by atoms with van der Waals surface area (Å²) in [6.45, 7) is 5.60. The van der Waals surface area contributed by atoms with Crippen molar-refractivity contribution in [1.82, 2.24) is 5.32 Å². The van der Waals surface area contributed by atoms with E-state index in [4.69, 9.17) is 16.3 Å². The lowest BCUT2D eigenvalue weighted by Gasteiger charge is -2.36. The largest absolute Gasteiger partial charge is 0.457 e. The van der Waals surface area contributed by atoms with Crippen LogP contribution in [0.25, 0.3) is 0 Å². The minimum absolute atomic E-state index is 0.196. The van der Waals surface area contributed by atoms with Gasteiger partial charge in [0, 0.05) is 11.5 Å². The van der Waals surface area contributed by atoms with Crippen molar-refractivity contribution in [3.05, 3.63) is 12.2 Å². The van der Waals surface area contributed by atoms with Gasteiger partial charge >= 0.3 is 5.97 Å². The van der Waals surface area contributed by atoms with Crippen molar-refractivity contribution < 1.29 is 14.3 Å². The Labute approximate surface area is 119 Å². The smallest absolute Gasteiger partial charge is 0.307 e. The van der Waals surface area contributed by atoms with E-state index in [1.165, 1.54) is 0 Å². The Morgan fingerprint density at radius 1 is 1.32 bits per heavy atom. The molecule has 1 amide bonds. The molecule has 19 heavy (non-hydrogen) atoms. The van der Waals surface area contributed by atoms with Crippen LogP contribution in [0.1, 0.15) is 45.4 Å². The number of hydrogen-bond acceptors (Lipinski definition) is 3. The molecule has 0 atom stereocenters. The lowest BCUT2D eigenvalue weighted by molar-refractivity contribution is -0.163. The molecule has 0 heterocycles. The Hall–Kier alpha value is -1.03. The Balaban J connectivity index is 2.61. The minimum atomic E-state index is -0.563. The van der Waals surface area contributed by atoms with E-state index in [2.05, 4.69) is 11.9 Å². The SMILES string of the molecule is C=C(C)C(=O)NCC1(OC(=O)CCCl)CCCCC1. The van der Waals surface area contributed by atoms with Gasteiger partial charge in [-0.05, 0) is 32.6 Å². The Bertz CT molecular complexity index is 349. The normalized spacial score (nSPS) is 17.6. The lowest BCUT2D eigenvalue weighted by Crippen LogP contribution is -2.47. The number of esters is 1. The van der Waals surface area contributed by atoms with Crippen molar-refractivity contribution >= 4 is 23.5 Å². The van der Waals surface area contributed by atoms with Crippen LogP contribution >= 0.6 is 11.6 Å². The van der Waals surface area contributed by atoms with Gasteiger partial charge in [-0.25, -0.2) is 0 Å². The first-order chi connectivity index (χ1) is 8.99. The zero-order valence-electron chi connectivity index (χ0n) is 11.5. The van der Waals surface area contributed by atoms with Gasteiger partial charge in [-0.2, -0.15) is 0 Å². The molecule has 1 fully saturated rings. The van der Waals surface area contributed by atoms with Crippen LogP contribution in [0.5, 0.6) is 0 Å². The van der Waals surface area contributed by atoms with Crippen molar-refractivity contribution in [3.63, 3.8) is 0 Å². The molecule has 1 aliphatic carbocycles. The highest BCUT2D eigenvalue weighted by Gasteiger charge is 2.36. The predicted octanol–water partition coefficient (Wildman–Crippen LogP) is 2.55. The van der Waals surface area contributed by atoms with Gasteiger partial charge in [0.05, 0.1) is 13.0 Å². The van der Waals surface area contributed by atoms with Crippen molar-refractivity contribution in [1.29, 1.82) is 0 Å². The van der Waals surface area contributed by atoms with Gasteiger partial charge in [-0.3, -0.25) is 9.59 Å². The van der Waals surface area contributed by atoms with E-state index in [1.54, 1.807) is 6.92 Å². The highest BCUT2D eigenvalue weighted by atomic mass is 35.5. The van der Waals surface area contributed by atoms with Crippen molar-refractivity contribution in [2.75, 3.05) is 12.4 Å². The second kappa shape index (κ2) is 7.53. The Morgan fingerprint density at radius 3 is 2.47 bits per heavy atom. The lowest BCUT2D eigenvalue weighted by atomic mass is 9.84. The fourth-order valence-corrected chi connectivity index (χ4v) is 2.43. The van der Waals surface area contributed by atoms with E-state index in [-0.39, 0.29) is 24.2 Å². The van der Waals surface area contributed by atoms with E-state index in [0.717, 1.165) is 32.1 Å². The van der Waals surface area contributed by atoms with Crippen LogP contribution in [0.2, 0.25) is 0 Å². The molecule has 1 N–H and O–H groups in total. The number of hydrogen-bond donors (Lipinski definition) is 1. The second-order valence-corrected chi connectivity index (χ2v) is 5.50. The molecule has 0 saturated heterocycles. The van der Waals surface area contributed by atoms with Gasteiger partial charge in [-0.1, -0.05) is 13.0 Å². The first-order valence-corrected chi connectivity index (χ1v) is 7.24. The maximum Gasteiger partial charge on any atom is 0.307 e. The summed E-state index contributed by atoms with van der Waals surface area (Å²) < 4.78 is 5.58. The highest BCUT2D eigenvalue weighted by molar-refractivity contribution is 6.18. The third kappa shape index (κ3) is 5.23. The van der Waals surface area contributed by atoms with Gasteiger partial charge in [0.25, 0.3) is 0 Å². The molecule has 0 bridgehead atoms. The van der Waals surface area contributed by atoms with Crippen molar-refractivity contribution in [2.45, 2.75) is 51.0 Å². The van der Waals surface area contributed by atoms with Crippen molar-refractivity contribution in [3.8, 4) is 0 Å². The molecule has 0 radical (unpaired) electrons. The molecule has 4 nitrogen and oxygen atoms in total. The van der Waals surface area contributed by atoms with Crippen LogP contribution in [0.15, 0.2) is 12.2 Å². The molecule has 0 aliphatic heterocycles. The third-order valence-electron chi connectivity index (χ3n) is 3.35. The average Bonchev–Trinajstić information content (AvgIpc) is 2.37. The maximum atomic E-state index is 11.7. The summed E-state index contributed by atoms with van der Waals surface area (Å²) in [4.78, 5) is 23.2. The van der Waals surface area contributed by atoms with Gasteiger partial charge in [0.15, 0.2) is 0 Å². The molecule has 0 aromatic heterocycles. The zero-order chi connectivity index (χ0) is 14.3. The average molecular weight is 288 g/mol. The maximum absolute atomic E-state index is 11.7. The van der Waals surface area contributed by atoms with Crippen LogP contribution in [0, 0.1) is 0 Å². The molecule has 0 unspecified atom stereocenters. The van der Waals surface area contributed by atoms with Gasteiger partial charge in [0.2, 0.25) is 5.91 Å². The molecule has 108 valence electrons. The molecule has 1 saturated carbocycles. The van der Waals surface area contributed by atoms with Crippen LogP contribution in [-0.2, 0) is 14.3 Å². The van der Waals surface area contributed by atoms with E-state index in [9.17, 15) is 9.59 Å². The number of carbonyl (C=O) groups excluding carboxylic acids is 2. The summed E-state index contributed by atoms with van der Waals surface area (Å²) in [5.41, 5.74) is -0.106. The summed E-state index contributed by atoms with van der Waals surface area (Å²) >= 11 is 5.55. The zero-order valence-corrected chi connectivity index (χ0v) is 12.2. The summed E-state index contributed by atoms with van der Waals surface area (Å²) in [5, 5.41) is 2.79. The fourth-order valence-electron chi connectivity index (χ4n) is 2.27. The topological polar surface area (TPSA) is 55.4 Å². The molecular weight excluding hydrogens is 266 g/mol. The Morgan fingerprint density at radius 2 is 1.95 bits per heavy atom. The van der Waals surface area contributed by atoms with Gasteiger partial charge in [-0.15, -0.1) is 11.6 Å². The van der Waals surface area contributed by atoms with Crippen LogP contribution < -0.4 is 5.32 Å². The molecule has 0 aromatic rings. The first kappa shape index (κ1) is 16.0. The van der Waals surface area contributed by atoms with Gasteiger partial charge < -0.3 is 10.1 Å². The standard InChI is InChI=1S/C14H22ClNO3/c1-11(2)13(18)16-10-14(7-4-3-5-8-14)19-12(17)6-9-15/h1,3-10H2,2H3,(H,16,18). The molecule has 0 spiro atoms. The summed E-state index contributed by atoms with van der Waals surface area (Å²) in [6, 6.07) is 0. The van der Waals surface area contributed by atoms with E-state index >= 15 is 0 Å². The predicted molar refractivity (Wildman–Crippen MR) is 75.1 cm³/mol. The van der Waals surface area contributed by atoms with E-state index in [0.29, 0.717) is 12.1 Å². The number of ether oxygens (including phenoxy) is 1. The summed E-state index contributed by atoms with van der Waals surface area (Å²) in [6.07, 6.45) is 4.95. The van der Waals surface area contributed by atoms with Crippen LogP contribution in [0.3, 0.4) is 0 Å².